The van der Waals surface area contributed by atoms with E-state index in [1.807, 2.05) is 50.4 Å². The van der Waals surface area contributed by atoms with Gasteiger partial charge in [0.1, 0.15) is 0 Å². The molecule has 0 N–H and O–H groups in total. The van der Waals surface area contributed by atoms with Gasteiger partial charge in [-0.2, -0.15) is 0 Å². The van der Waals surface area contributed by atoms with Crippen LogP contribution in [0.15, 0.2) is 48.5 Å². The number of carbonyl (C=O) groups is 1. The second kappa shape index (κ2) is 5.91. The van der Waals surface area contributed by atoms with Crippen LogP contribution in [0.25, 0.3) is 0 Å². The van der Waals surface area contributed by atoms with Crippen molar-refractivity contribution in [3.05, 3.63) is 65.2 Å². The molecule has 20 heavy (non-hydrogen) atoms. The van der Waals surface area contributed by atoms with E-state index in [0.29, 0.717) is 5.92 Å². The van der Waals surface area contributed by atoms with Gasteiger partial charge in [-0.15, -0.1) is 0 Å². The second-order valence-corrected chi connectivity index (χ2v) is 5.43. The fourth-order valence-corrected chi connectivity index (χ4v) is 2.20. The Morgan fingerprint density at radius 3 is 2.40 bits per heavy atom. The van der Waals surface area contributed by atoms with Crippen molar-refractivity contribution in [1.82, 2.24) is 0 Å². The first-order valence-corrected chi connectivity index (χ1v) is 6.94. The fraction of sp³-hybridized carbons (Fsp3) is 0.278. The van der Waals surface area contributed by atoms with Gasteiger partial charge < -0.3 is 4.90 Å². The first-order chi connectivity index (χ1) is 9.50. The van der Waals surface area contributed by atoms with E-state index in [1.165, 1.54) is 5.56 Å². The van der Waals surface area contributed by atoms with Gasteiger partial charge in [0.25, 0.3) is 5.91 Å². The molecule has 104 valence electrons. The first-order valence-electron chi connectivity index (χ1n) is 6.94. The molecule has 2 rings (SSSR count). The largest absolute Gasteiger partial charge is 0.311 e. The third kappa shape index (κ3) is 2.90. The van der Waals surface area contributed by atoms with E-state index in [1.54, 1.807) is 4.90 Å². The van der Waals surface area contributed by atoms with Gasteiger partial charge in [0.2, 0.25) is 0 Å². The summed E-state index contributed by atoms with van der Waals surface area (Å²) in [7, 11) is 1.83. The Kier molecular flexibility index (Phi) is 4.23. The Bertz CT molecular complexity index is 616. The van der Waals surface area contributed by atoms with E-state index in [4.69, 9.17) is 0 Å². The molecule has 0 aliphatic carbocycles. The van der Waals surface area contributed by atoms with Crippen molar-refractivity contribution in [3.8, 4) is 0 Å². The molecule has 0 aromatic heterocycles. The Morgan fingerprint density at radius 2 is 1.75 bits per heavy atom. The number of anilines is 1. The molecule has 2 nitrogen and oxygen atoms in total. The lowest BCUT2D eigenvalue weighted by Crippen LogP contribution is -2.27. The lowest BCUT2D eigenvalue weighted by atomic mass is 10.0. The van der Waals surface area contributed by atoms with Gasteiger partial charge in [0, 0.05) is 18.3 Å². The van der Waals surface area contributed by atoms with E-state index in [2.05, 4.69) is 26.0 Å². The highest BCUT2D eigenvalue weighted by atomic mass is 16.2. The fourth-order valence-electron chi connectivity index (χ4n) is 2.20. The molecule has 0 heterocycles. The van der Waals surface area contributed by atoms with Crippen LogP contribution in [0.1, 0.15) is 41.3 Å². The zero-order valence-corrected chi connectivity index (χ0v) is 12.6. The Balaban J connectivity index is 2.32. The quantitative estimate of drug-likeness (QED) is 0.807. The highest BCUT2D eigenvalue weighted by Gasteiger charge is 2.15. The van der Waals surface area contributed by atoms with Gasteiger partial charge in [-0.25, -0.2) is 0 Å². The summed E-state index contributed by atoms with van der Waals surface area (Å²) in [5, 5.41) is 0. The molecule has 2 aromatic rings. The van der Waals surface area contributed by atoms with Crippen LogP contribution in [-0.4, -0.2) is 13.0 Å². The van der Waals surface area contributed by atoms with Gasteiger partial charge in [-0.3, -0.25) is 4.79 Å². The molecule has 2 heteroatoms. The van der Waals surface area contributed by atoms with Crippen LogP contribution in [0.2, 0.25) is 0 Å². The normalized spacial score (nSPS) is 10.7. The average molecular weight is 267 g/mol. The van der Waals surface area contributed by atoms with Crippen molar-refractivity contribution in [3.63, 3.8) is 0 Å². The van der Waals surface area contributed by atoms with Crippen LogP contribution < -0.4 is 4.90 Å². The number of aryl methyl sites for hydroxylation is 1. The van der Waals surface area contributed by atoms with Gasteiger partial charge in [0.15, 0.2) is 0 Å². The molecule has 2 aromatic carbocycles. The lowest BCUT2D eigenvalue weighted by Gasteiger charge is -2.20. The van der Waals surface area contributed by atoms with Crippen LogP contribution in [0.4, 0.5) is 5.69 Å². The van der Waals surface area contributed by atoms with E-state index < -0.39 is 0 Å². The van der Waals surface area contributed by atoms with E-state index >= 15 is 0 Å². The molecule has 0 radical (unpaired) electrons. The van der Waals surface area contributed by atoms with Crippen molar-refractivity contribution in [2.75, 3.05) is 11.9 Å². The van der Waals surface area contributed by atoms with Crippen LogP contribution >= 0.6 is 0 Å². The predicted octanol–water partition coefficient (Wildman–Crippen LogP) is 4.40. The van der Waals surface area contributed by atoms with Gasteiger partial charge in [-0.05, 0) is 42.2 Å². The molecular weight excluding hydrogens is 246 g/mol. The number of nitrogens with zero attached hydrogens (tertiary/aromatic N) is 1. The van der Waals surface area contributed by atoms with Crippen molar-refractivity contribution < 1.29 is 4.79 Å². The molecule has 0 fully saturated rings. The van der Waals surface area contributed by atoms with E-state index in [-0.39, 0.29) is 5.91 Å². The third-order valence-corrected chi connectivity index (χ3v) is 3.60. The van der Waals surface area contributed by atoms with Gasteiger partial charge >= 0.3 is 0 Å². The maximum absolute atomic E-state index is 12.6. The number of benzene rings is 2. The topological polar surface area (TPSA) is 20.3 Å². The van der Waals surface area contributed by atoms with Crippen molar-refractivity contribution in [1.29, 1.82) is 0 Å². The zero-order chi connectivity index (χ0) is 14.7. The Labute approximate surface area is 121 Å². The minimum Gasteiger partial charge on any atom is -0.311 e. The highest BCUT2D eigenvalue weighted by molar-refractivity contribution is 6.06. The predicted molar refractivity (Wildman–Crippen MR) is 84.4 cm³/mol. The third-order valence-electron chi connectivity index (χ3n) is 3.60. The van der Waals surface area contributed by atoms with Gasteiger partial charge in [0.05, 0.1) is 0 Å². The Hall–Kier alpha value is -2.09. The molecule has 0 aliphatic heterocycles. The number of hydrogen-bond donors (Lipinski definition) is 0. The summed E-state index contributed by atoms with van der Waals surface area (Å²) in [5.41, 5.74) is 3.94. The molecule has 0 saturated heterocycles. The summed E-state index contributed by atoms with van der Waals surface area (Å²) >= 11 is 0. The lowest BCUT2D eigenvalue weighted by molar-refractivity contribution is 0.0992. The van der Waals surface area contributed by atoms with E-state index in [0.717, 1.165) is 16.8 Å². The number of hydrogen-bond acceptors (Lipinski definition) is 1. The molecule has 1 amide bonds. The molecule has 0 spiro atoms. The van der Waals surface area contributed by atoms with Crippen LogP contribution in [-0.2, 0) is 0 Å². The summed E-state index contributed by atoms with van der Waals surface area (Å²) in [6.07, 6.45) is 0. The van der Waals surface area contributed by atoms with Crippen molar-refractivity contribution >= 4 is 11.6 Å². The molecule has 0 atom stereocenters. The summed E-state index contributed by atoms with van der Waals surface area (Å²) in [6, 6.07) is 15.9. The van der Waals surface area contributed by atoms with Crippen LogP contribution in [0.5, 0.6) is 0 Å². The smallest absolute Gasteiger partial charge is 0.258 e. The second-order valence-electron chi connectivity index (χ2n) is 5.43. The number of amides is 1. The zero-order valence-electron chi connectivity index (χ0n) is 12.6. The highest BCUT2D eigenvalue weighted by Crippen LogP contribution is 2.22. The van der Waals surface area contributed by atoms with Crippen molar-refractivity contribution in [2.24, 2.45) is 0 Å². The summed E-state index contributed by atoms with van der Waals surface area (Å²) in [5.74, 6) is 0.487. The summed E-state index contributed by atoms with van der Waals surface area (Å²) in [6.45, 7) is 6.27. The molecule has 0 saturated carbocycles. The molecular formula is C18H21NO. The first kappa shape index (κ1) is 14.3. The standard InChI is InChI=1S/C18H21NO/c1-13(2)15-9-7-10-16(12-15)19(4)18(20)17-11-6-5-8-14(17)3/h5-13H,1-4H3. The van der Waals surface area contributed by atoms with Gasteiger partial charge in [-0.1, -0.05) is 44.2 Å². The van der Waals surface area contributed by atoms with Crippen LogP contribution in [0.3, 0.4) is 0 Å². The SMILES string of the molecule is Cc1ccccc1C(=O)N(C)c1cccc(C(C)C)c1. The summed E-state index contributed by atoms with van der Waals surface area (Å²) < 4.78 is 0. The maximum atomic E-state index is 12.6. The van der Waals surface area contributed by atoms with Crippen LogP contribution in [0, 0.1) is 6.92 Å². The van der Waals surface area contributed by atoms with E-state index in [9.17, 15) is 4.79 Å². The van der Waals surface area contributed by atoms with Crippen molar-refractivity contribution in [2.45, 2.75) is 26.7 Å². The number of carbonyl (C=O) groups excluding carboxylic acids is 1. The average Bonchev–Trinajstić information content (AvgIpc) is 2.46. The molecule has 0 unspecified atom stereocenters. The number of rotatable bonds is 3. The molecule has 0 aliphatic rings. The summed E-state index contributed by atoms with van der Waals surface area (Å²) in [4.78, 5) is 14.3. The Morgan fingerprint density at radius 1 is 1.05 bits per heavy atom. The molecule has 0 bridgehead atoms. The maximum Gasteiger partial charge on any atom is 0.258 e. The minimum absolute atomic E-state index is 0.0315. The monoisotopic (exact) mass is 267 g/mol. The minimum atomic E-state index is 0.0315.